The van der Waals surface area contributed by atoms with Gasteiger partial charge < -0.3 is 30.5 Å². The second-order valence-electron chi connectivity index (χ2n) is 10.6. The number of hydrogen-bond acceptors (Lipinski definition) is 6. The topological polar surface area (TPSA) is 143 Å². The first-order chi connectivity index (χ1) is 18.9. The summed E-state index contributed by atoms with van der Waals surface area (Å²) in [5.74, 6) is -1.73. The average Bonchev–Trinajstić information content (AvgIpc) is 2.89. The van der Waals surface area contributed by atoms with Crippen LogP contribution in [0.1, 0.15) is 65.0 Å². The van der Waals surface area contributed by atoms with Crippen molar-refractivity contribution in [3.63, 3.8) is 0 Å². The van der Waals surface area contributed by atoms with Gasteiger partial charge >= 0.3 is 12.1 Å². The van der Waals surface area contributed by atoms with E-state index in [2.05, 4.69) is 16.0 Å². The summed E-state index contributed by atoms with van der Waals surface area (Å²) >= 11 is 0. The number of benzene rings is 2. The highest BCUT2D eigenvalue weighted by atomic mass is 16.6. The van der Waals surface area contributed by atoms with Crippen LogP contribution in [0.15, 0.2) is 54.6 Å². The molecule has 0 heterocycles. The minimum absolute atomic E-state index is 0.118. The first-order valence-corrected chi connectivity index (χ1v) is 13.5. The number of alkyl carbamates (subject to hydrolysis) is 1. The molecule has 0 aromatic heterocycles. The van der Waals surface area contributed by atoms with Crippen LogP contribution in [0.2, 0.25) is 0 Å². The Morgan fingerprint density at radius 3 is 2.08 bits per heavy atom. The molecule has 0 unspecified atom stereocenters. The molecule has 10 heteroatoms. The van der Waals surface area contributed by atoms with Crippen molar-refractivity contribution in [3.05, 3.63) is 65.7 Å². The lowest BCUT2D eigenvalue weighted by atomic mass is 10.0. The van der Waals surface area contributed by atoms with Gasteiger partial charge in [0.25, 0.3) is 0 Å². The van der Waals surface area contributed by atoms with Crippen LogP contribution in [0.3, 0.4) is 0 Å². The zero-order valence-corrected chi connectivity index (χ0v) is 23.9. The fourth-order valence-corrected chi connectivity index (χ4v) is 3.70. The third-order valence-corrected chi connectivity index (χ3v) is 5.83. The predicted molar refractivity (Wildman–Crippen MR) is 151 cm³/mol. The number of carbonyl (C=O) groups excluding carboxylic acids is 3. The van der Waals surface area contributed by atoms with E-state index in [1.165, 1.54) is 6.92 Å². The number of aliphatic carboxylic acids is 1. The molecule has 0 saturated heterocycles. The lowest BCUT2D eigenvalue weighted by Gasteiger charge is -2.25. The summed E-state index contributed by atoms with van der Waals surface area (Å²) in [6, 6.07) is 13.7. The summed E-state index contributed by atoms with van der Waals surface area (Å²) in [7, 11) is 0. The van der Waals surface area contributed by atoms with E-state index in [9.17, 15) is 24.3 Å². The molecule has 0 bridgehead atoms. The Morgan fingerprint density at radius 1 is 0.850 bits per heavy atom. The van der Waals surface area contributed by atoms with Crippen LogP contribution in [-0.2, 0) is 32.1 Å². The van der Waals surface area contributed by atoms with Gasteiger partial charge in [0.2, 0.25) is 11.8 Å². The van der Waals surface area contributed by atoms with Gasteiger partial charge in [-0.2, -0.15) is 0 Å². The number of unbranched alkanes of at least 4 members (excludes halogenated alkanes) is 1. The fraction of sp³-hybridized carbons (Fsp3) is 0.467. The first-order valence-electron chi connectivity index (χ1n) is 13.5. The van der Waals surface area contributed by atoms with Crippen LogP contribution < -0.4 is 20.7 Å². The van der Waals surface area contributed by atoms with Crippen LogP contribution in [0.25, 0.3) is 0 Å². The smallest absolute Gasteiger partial charge is 0.408 e. The molecule has 0 fully saturated rings. The van der Waals surface area contributed by atoms with E-state index in [-0.39, 0.29) is 12.8 Å². The molecule has 4 N–H and O–H groups in total. The summed E-state index contributed by atoms with van der Waals surface area (Å²) in [6.45, 7) is 8.91. The van der Waals surface area contributed by atoms with Crippen molar-refractivity contribution in [2.45, 2.75) is 90.6 Å². The van der Waals surface area contributed by atoms with Crippen LogP contribution >= 0.6 is 0 Å². The lowest BCUT2D eigenvalue weighted by molar-refractivity contribution is -0.142. The van der Waals surface area contributed by atoms with Crippen LogP contribution in [0.5, 0.6) is 5.75 Å². The molecule has 0 radical (unpaired) electrons. The van der Waals surface area contributed by atoms with E-state index < -0.39 is 47.6 Å². The van der Waals surface area contributed by atoms with Crippen molar-refractivity contribution in [1.82, 2.24) is 16.0 Å². The Bertz CT molecular complexity index is 1110. The summed E-state index contributed by atoms with van der Waals surface area (Å²) in [6.07, 6.45) is 1.04. The number of nitrogens with one attached hydrogen (secondary N) is 3. The molecule has 0 saturated carbocycles. The van der Waals surface area contributed by atoms with Gasteiger partial charge in [-0.1, -0.05) is 62.2 Å². The predicted octanol–water partition coefficient (Wildman–Crippen LogP) is 3.97. The Morgan fingerprint density at radius 2 is 1.50 bits per heavy atom. The van der Waals surface area contributed by atoms with Gasteiger partial charge in [0.15, 0.2) is 0 Å². The van der Waals surface area contributed by atoms with Crippen molar-refractivity contribution < 1.29 is 33.8 Å². The monoisotopic (exact) mass is 555 g/mol. The largest absolute Gasteiger partial charge is 0.489 e. The second kappa shape index (κ2) is 15.5. The van der Waals surface area contributed by atoms with Gasteiger partial charge in [0.05, 0.1) is 0 Å². The standard InChI is InChI=1S/C30H41N3O7/c1-6-7-13-24(28(36)37)32-26(34)20(2)31-27(35)25(33-29(38)40-30(3,4)5)18-21-14-16-23(17-15-21)39-19-22-11-9-8-10-12-22/h8-12,14-17,20,24-25H,6-7,13,18-19H2,1-5H3,(H,31,35)(H,32,34)(H,33,38)(H,36,37)/t20-,24+,25+/m0/s1. The van der Waals surface area contributed by atoms with Gasteiger partial charge in [0, 0.05) is 6.42 Å². The molecular weight excluding hydrogens is 514 g/mol. The molecule has 2 aromatic rings. The molecule has 2 rings (SSSR count). The third-order valence-electron chi connectivity index (χ3n) is 5.83. The van der Waals surface area contributed by atoms with E-state index in [0.717, 1.165) is 17.5 Å². The van der Waals surface area contributed by atoms with E-state index in [4.69, 9.17) is 9.47 Å². The molecule has 10 nitrogen and oxygen atoms in total. The molecule has 3 amide bonds. The van der Waals surface area contributed by atoms with Crippen LogP contribution in [-0.4, -0.2) is 52.7 Å². The molecule has 0 spiro atoms. The first kappa shape index (κ1) is 32.1. The molecular formula is C30H41N3O7. The minimum Gasteiger partial charge on any atom is -0.489 e. The summed E-state index contributed by atoms with van der Waals surface area (Å²) in [5, 5.41) is 17.0. The highest BCUT2D eigenvalue weighted by Gasteiger charge is 2.28. The quantitative estimate of drug-likeness (QED) is 0.276. The lowest BCUT2D eigenvalue weighted by Crippen LogP contribution is -2.55. The Balaban J connectivity index is 2.08. The van der Waals surface area contributed by atoms with Gasteiger partial charge in [-0.3, -0.25) is 9.59 Å². The Hall–Kier alpha value is -4.08. The number of carboxylic acid groups (broad SMARTS) is 1. The molecule has 0 aliphatic heterocycles. The molecule has 2 aromatic carbocycles. The van der Waals surface area contributed by atoms with E-state index in [0.29, 0.717) is 18.8 Å². The van der Waals surface area contributed by atoms with Crippen LogP contribution in [0.4, 0.5) is 4.79 Å². The van der Waals surface area contributed by atoms with Gasteiger partial charge in [-0.25, -0.2) is 9.59 Å². The number of amides is 3. The molecule has 218 valence electrons. The Labute approximate surface area is 235 Å². The third kappa shape index (κ3) is 11.8. The number of carboxylic acids is 1. The van der Waals surface area contributed by atoms with Crippen molar-refractivity contribution in [3.8, 4) is 5.75 Å². The molecule has 3 atom stereocenters. The maximum absolute atomic E-state index is 13.2. The van der Waals surface area contributed by atoms with Gasteiger partial charge in [-0.05, 0) is 57.4 Å². The molecule has 0 aliphatic carbocycles. The highest BCUT2D eigenvalue weighted by molar-refractivity contribution is 5.92. The number of ether oxygens (including phenoxy) is 2. The average molecular weight is 556 g/mol. The van der Waals surface area contributed by atoms with E-state index in [1.807, 2.05) is 37.3 Å². The normalized spacial score (nSPS) is 13.3. The highest BCUT2D eigenvalue weighted by Crippen LogP contribution is 2.16. The summed E-state index contributed by atoms with van der Waals surface area (Å²) in [4.78, 5) is 49.8. The maximum atomic E-state index is 13.2. The summed E-state index contributed by atoms with van der Waals surface area (Å²) in [5.41, 5.74) is 0.995. The van der Waals surface area contributed by atoms with Crippen molar-refractivity contribution in [2.75, 3.05) is 0 Å². The van der Waals surface area contributed by atoms with Crippen molar-refractivity contribution >= 4 is 23.9 Å². The number of carbonyl (C=O) groups is 4. The zero-order chi connectivity index (χ0) is 29.7. The minimum atomic E-state index is -1.14. The molecule has 40 heavy (non-hydrogen) atoms. The van der Waals surface area contributed by atoms with Crippen molar-refractivity contribution in [2.24, 2.45) is 0 Å². The maximum Gasteiger partial charge on any atom is 0.408 e. The van der Waals surface area contributed by atoms with Gasteiger partial charge in [-0.15, -0.1) is 0 Å². The van der Waals surface area contributed by atoms with Crippen LogP contribution in [0, 0.1) is 0 Å². The number of rotatable bonds is 14. The van der Waals surface area contributed by atoms with E-state index in [1.54, 1.807) is 45.0 Å². The van der Waals surface area contributed by atoms with Gasteiger partial charge in [0.1, 0.15) is 36.1 Å². The SMILES string of the molecule is CCCC[C@@H](NC(=O)[C@H](C)NC(=O)[C@@H](Cc1ccc(OCc2ccccc2)cc1)NC(=O)OC(C)(C)C)C(=O)O. The number of hydrogen-bond donors (Lipinski definition) is 4. The summed E-state index contributed by atoms with van der Waals surface area (Å²) < 4.78 is 11.1. The second-order valence-corrected chi connectivity index (χ2v) is 10.6. The van der Waals surface area contributed by atoms with E-state index >= 15 is 0 Å². The Kier molecular flexibility index (Phi) is 12.4. The molecule has 0 aliphatic rings. The zero-order valence-electron chi connectivity index (χ0n) is 23.9. The van der Waals surface area contributed by atoms with Crippen molar-refractivity contribution in [1.29, 1.82) is 0 Å². The fourth-order valence-electron chi connectivity index (χ4n) is 3.70.